The standard InChI is InChI=1S/C17H18N4/c18-21-17(5-4-13-6-9-19-10-7-13)15-3-1-2-14-8-11-20-12-16(14)15/h1-3,6-12,17,21H,4-5,18H2. The first kappa shape index (κ1) is 13.7. The van der Waals surface area contributed by atoms with Crippen molar-refractivity contribution in [2.45, 2.75) is 18.9 Å². The van der Waals surface area contributed by atoms with Gasteiger partial charge in [-0.2, -0.15) is 0 Å². The number of fused-ring (bicyclic) bond motifs is 1. The second-order valence-corrected chi connectivity index (χ2v) is 5.06. The Morgan fingerprint density at radius 1 is 1.00 bits per heavy atom. The van der Waals surface area contributed by atoms with E-state index in [9.17, 15) is 0 Å². The van der Waals surface area contributed by atoms with Crippen molar-refractivity contribution in [2.24, 2.45) is 5.84 Å². The number of aryl methyl sites for hydroxylation is 1. The fourth-order valence-electron chi connectivity index (χ4n) is 2.63. The number of aromatic nitrogens is 2. The predicted octanol–water partition coefficient (Wildman–Crippen LogP) is 2.77. The van der Waals surface area contributed by atoms with Gasteiger partial charge in [-0.3, -0.25) is 21.2 Å². The highest BCUT2D eigenvalue weighted by Crippen LogP contribution is 2.26. The average Bonchev–Trinajstić information content (AvgIpc) is 2.56. The molecule has 0 saturated heterocycles. The zero-order chi connectivity index (χ0) is 14.5. The van der Waals surface area contributed by atoms with Crippen molar-refractivity contribution in [1.82, 2.24) is 15.4 Å². The van der Waals surface area contributed by atoms with Gasteiger partial charge in [0.05, 0.1) is 0 Å². The van der Waals surface area contributed by atoms with Crippen LogP contribution in [0.1, 0.15) is 23.6 Å². The fraction of sp³-hybridized carbons (Fsp3) is 0.176. The molecule has 0 saturated carbocycles. The van der Waals surface area contributed by atoms with Gasteiger partial charge in [0.1, 0.15) is 0 Å². The van der Waals surface area contributed by atoms with E-state index in [1.54, 1.807) is 0 Å². The lowest BCUT2D eigenvalue weighted by atomic mass is 9.96. The molecule has 1 atom stereocenters. The first-order chi connectivity index (χ1) is 10.4. The second kappa shape index (κ2) is 6.43. The second-order valence-electron chi connectivity index (χ2n) is 5.06. The number of benzene rings is 1. The summed E-state index contributed by atoms with van der Waals surface area (Å²) in [5.74, 6) is 5.78. The number of hydrogen-bond donors (Lipinski definition) is 2. The molecule has 0 aliphatic rings. The molecule has 2 heterocycles. The first-order valence-corrected chi connectivity index (χ1v) is 7.06. The molecule has 0 fully saturated rings. The van der Waals surface area contributed by atoms with Crippen LogP contribution in [-0.2, 0) is 6.42 Å². The maximum Gasteiger partial charge on any atom is 0.0469 e. The van der Waals surface area contributed by atoms with Gasteiger partial charge in [0.25, 0.3) is 0 Å². The third-order valence-corrected chi connectivity index (χ3v) is 3.77. The summed E-state index contributed by atoms with van der Waals surface area (Å²) < 4.78 is 0. The Morgan fingerprint density at radius 3 is 2.62 bits per heavy atom. The summed E-state index contributed by atoms with van der Waals surface area (Å²) in [6, 6.07) is 12.5. The Balaban J connectivity index is 1.85. The minimum atomic E-state index is 0.103. The summed E-state index contributed by atoms with van der Waals surface area (Å²) in [7, 11) is 0. The van der Waals surface area contributed by atoms with Gasteiger partial charge < -0.3 is 0 Å². The molecule has 0 aliphatic carbocycles. The summed E-state index contributed by atoms with van der Waals surface area (Å²) in [5.41, 5.74) is 5.40. The Bertz CT molecular complexity index is 707. The minimum absolute atomic E-state index is 0.103. The van der Waals surface area contributed by atoms with Gasteiger partial charge >= 0.3 is 0 Å². The van der Waals surface area contributed by atoms with E-state index in [4.69, 9.17) is 5.84 Å². The lowest BCUT2D eigenvalue weighted by Crippen LogP contribution is -2.28. The summed E-state index contributed by atoms with van der Waals surface area (Å²) >= 11 is 0. The molecule has 4 heteroatoms. The quantitative estimate of drug-likeness (QED) is 0.556. The Kier molecular flexibility index (Phi) is 4.19. The molecule has 106 valence electrons. The zero-order valence-electron chi connectivity index (χ0n) is 11.7. The number of nitrogens with one attached hydrogen (secondary N) is 1. The summed E-state index contributed by atoms with van der Waals surface area (Å²) in [4.78, 5) is 8.27. The molecular formula is C17H18N4. The Labute approximate surface area is 124 Å². The van der Waals surface area contributed by atoms with Gasteiger partial charge in [-0.15, -0.1) is 0 Å². The van der Waals surface area contributed by atoms with Crippen LogP contribution in [0.5, 0.6) is 0 Å². The molecule has 0 bridgehead atoms. The molecular weight excluding hydrogens is 260 g/mol. The summed E-state index contributed by atoms with van der Waals surface area (Å²) in [6.07, 6.45) is 9.24. The summed E-state index contributed by atoms with van der Waals surface area (Å²) in [6.45, 7) is 0. The van der Waals surface area contributed by atoms with E-state index in [1.165, 1.54) is 16.5 Å². The monoisotopic (exact) mass is 278 g/mol. The van der Waals surface area contributed by atoms with E-state index in [0.29, 0.717) is 0 Å². The zero-order valence-corrected chi connectivity index (χ0v) is 11.7. The van der Waals surface area contributed by atoms with Crippen LogP contribution in [0.25, 0.3) is 10.8 Å². The van der Waals surface area contributed by atoms with Gasteiger partial charge in [-0.05, 0) is 47.6 Å². The van der Waals surface area contributed by atoms with E-state index >= 15 is 0 Å². The van der Waals surface area contributed by atoms with Crippen molar-refractivity contribution in [3.63, 3.8) is 0 Å². The highest BCUT2D eigenvalue weighted by atomic mass is 15.2. The topological polar surface area (TPSA) is 63.8 Å². The SMILES string of the molecule is NNC(CCc1ccncc1)c1cccc2ccncc12. The number of nitrogens with zero attached hydrogens (tertiary/aromatic N) is 2. The third kappa shape index (κ3) is 3.07. The van der Waals surface area contributed by atoms with Gasteiger partial charge in [0.15, 0.2) is 0 Å². The van der Waals surface area contributed by atoms with Gasteiger partial charge in [-0.1, -0.05) is 18.2 Å². The van der Waals surface area contributed by atoms with Gasteiger partial charge in [0.2, 0.25) is 0 Å². The number of rotatable bonds is 5. The van der Waals surface area contributed by atoms with Crippen molar-refractivity contribution in [2.75, 3.05) is 0 Å². The van der Waals surface area contributed by atoms with Crippen LogP contribution in [0.15, 0.2) is 61.2 Å². The third-order valence-electron chi connectivity index (χ3n) is 3.77. The largest absolute Gasteiger partial charge is 0.271 e. The van der Waals surface area contributed by atoms with E-state index in [0.717, 1.165) is 18.2 Å². The molecule has 2 aromatic heterocycles. The molecule has 0 amide bonds. The Morgan fingerprint density at radius 2 is 1.81 bits per heavy atom. The van der Waals surface area contributed by atoms with Crippen LogP contribution in [0.2, 0.25) is 0 Å². The Hall–Kier alpha value is -2.30. The maximum absolute atomic E-state index is 5.78. The van der Waals surface area contributed by atoms with Crippen molar-refractivity contribution >= 4 is 10.8 Å². The maximum atomic E-state index is 5.78. The molecule has 3 N–H and O–H groups in total. The van der Waals surface area contributed by atoms with Crippen LogP contribution >= 0.6 is 0 Å². The van der Waals surface area contributed by atoms with Crippen molar-refractivity contribution in [3.8, 4) is 0 Å². The number of pyridine rings is 2. The molecule has 3 rings (SSSR count). The molecule has 21 heavy (non-hydrogen) atoms. The summed E-state index contributed by atoms with van der Waals surface area (Å²) in [5, 5.41) is 2.34. The molecule has 3 aromatic rings. The predicted molar refractivity (Wildman–Crippen MR) is 84.4 cm³/mol. The van der Waals surface area contributed by atoms with Crippen LogP contribution in [0.3, 0.4) is 0 Å². The van der Waals surface area contributed by atoms with Gasteiger partial charge in [0, 0.05) is 36.2 Å². The van der Waals surface area contributed by atoms with Gasteiger partial charge in [-0.25, -0.2) is 0 Å². The van der Waals surface area contributed by atoms with Crippen LogP contribution in [-0.4, -0.2) is 9.97 Å². The van der Waals surface area contributed by atoms with E-state index < -0.39 is 0 Å². The van der Waals surface area contributed by atoms with Crippen LogP contribution in [0.4, 0.5) is 0 Å². The van der Waals surface area contributed by atoms with Crippen molar-refractivity contribution < 1.29 is 0 Å². The normalized spacial score (nSPS) is 12.4. The van der Waals surface area contributed by atoms with E-state index in [-0.39, 0.29) is 6.04 Å². The van der Waals surface area contributed by atoms with Crippen molar-refractivity contribution in [3.05, 3.63) is 72.3 Å². The lowest BCUT2D eigenvalue weighted by molar-refractivity contribution is 0.519. The lowest BCUT2D eigenvalue weighted by Gasteiger charge is -2.18. The molecule has 1 aromatic carbocycles. The number of hydrazine groups is 1. The molecule has 4 nitrogen and oxygen atoms in total. The molecule has 1 unspecified atom stereocenters. The van der Waals surface area contributed by atoms with Crippen molar-refractivity contribution in [1.29, 1.82) is 0 Å². The minimum Gasteiger partial charge on any atom is -0.271 e. The first-order valence-electron chi connectivity index (χ1n) is 7.06. The number of hydrogen-bond acceptors (Lipinski definition) is 4. The van der Waals surface area contributed by atoms with E-state index in [2.05, 4.69) is 33.6 Å². The van der Waals surface area contributed by atoms with Crippen LogP contribution < -0.4 is 11.3 Å². The fourth-order valence-corrected chi connectivity index (χ4v) is 2.63. The smallest absolute Gasteiger partial charge is 0.0469 e. The molecule has 0 radical (unpaired) electrons. The molecule has 0 spiro atoms. The van der Waals surface area contributed by atoms with Crippen LogP contribution in [0, 0.1) is 0 Å². The molecule has 0 aliphatic heterocycles. The average molecular weight is 278 g/mol. The highest BCUT2D eigenvalue weighted by Gasteiger charge is 2.13. The number of nitrogens with two attached hydrogens (primary N) is 1. The van der Waals surface area contributed by atoms with E-state index in [1.807, 2.05) is 43.0 Å². The highest BCUT2D eigenvalue weighted by molar-refractivity contribution is 5.85.